The molecule has 1 unspecified atom stereocenters. The molecular formula is C12H22N2O4. The number of hydrogen-bond donors (Lipinski definition) is 2. The third-order valence-electron chi connectivity index (χ3n) is 3.13. The van der Waals surface area contributed by atoms with Crippen LogP contribution in [0.25, 0.3) is 0 Å². The van der Waals surface area contributed by atoms with Gasteiger partial charge >= 0.3 is 12.0 Å². The molecule has 6 nitrogen and oxygen atoms in total. The Morgan fingerprint density at radius 3 is 2.50 bits per heavy atom. The van der Waals surface area contributed by atoms with Crippen LogP contribution in [-0.2, 0) is 9.53 Å². The third kappa shape index (κ3) is 3.87. The molecular weight excluding hydrogens is 236 g/mol. The molecule has 1 atom stereocenters. The SMILES string of the molecule is CCOCC(NC(=O)N1CC(C(=O)O)C1)C(C)C. The molecule has 104 valence electrons. The molecule has 1 saturated heterocycles. The number of carbonyl (C=O) groups excluding carboxylic acids is 1. The summed E-state index contributed by atoms with van der Waals surface area (Å²) >= 11 is 0. The number of ether oxygens (including phenoxy) is 1. The number of rotatable bonds is 6. The number of carboxylic acid groups (broad SMARTS) is 1. The molecule has 0 aromatic heterocycles. The highest BCUT2D eigenvalue weighted by Gasteiger charge is 2.36. The van der Waals surface area contributed by atoms with Crippen molar-refractivity contribution >= 4 is 12.0 Å². The second-order valence-electron chi connectivity index (χ2n) is 4.90. The van der Waals surface area contributed by atoms with Gasteiger partial charge in [-0.1, -0.05) is 13.8 Å². The van der Waals surface area contributed by atoms with E-state index in [2.05, 4.69) is 5.32 Å². The summed E-state index contributed by atoms with van der Waals surface area (Å²) in [6.45, 7) is 7.62. The summed E-state index contributed by atoms with van der Waals surface area (Å²) in [4.78, 5) is 24.0. The molecule has 2 amide bonds. The van der Waals surface area contributed by atoms with Gasteiger partial charge in [0.15, 0.2) is 0 Å². The fourth-order valence-corrected chi connectivity index (χ4v) is 1.70. The average molecular weight is 258 g/mol. The Morgan fingerprint density at radius 1 is 1.44 bits per heavy atom. The molecule has 1 aliphatic rings. The van der Waals surface area contributed by atoms with Crippen LogP contribution in [0.3, 0.4) is 0 Å². The fourth-order valence-electron chi connectivity index (χ4n) is 1.70. The maximum absolute atomic E-state index is 11.8. The van der Waals surface area contributed by atoms with Gasteiger partial charge in [-0.15, -0.1) is 0 Å². The molecule has 0 bridgehead atoms. The number of urea groups is 1. The Balaban J connectivity index is 2.36. The first-order valence-electron chi connectivity index (χ1n) is 6.31. The lowest BCUT2D eigenvalue weighted by Gasteiger charge is -2.38. The molecule has 6 heteroatoms. The van der Waals surface area contributed by atoms with Crippen LogP contribution < -0.4 is 5.32 Å². The minimum atomic E-state index is -0.839. The maximum Gasteiger partial charge on any atom is 0.317 e. The second kappa shape index (κ2) is 6.58. The fraction of sp³-hybridized carbons (Fsp3) is 0.833. The van der Waals surface area contributed by atoms with Crippen molar-refractivity contribution in [2.45, 2.75) is 26.8 Å². The summed E-state index contributed by atoms with van der Waals surface area (Å²) in [6, 6.07) is -0.243. The van der Waals surface area contributed by atoms with Crippen LogP contribution in [0.1, 0.15) is 20.8 Å². The highest BCUT2D eigenvalue weighted by atomic mass is 16.5. The topological polar surface area (TPSA) is 78.9 Å². The van der Waals surface area contributed by atoms with Gasteiger partial charge in [-0.25, -0.2) is 4.79 Å². The number of carbonyl (C=O) groups is 2. The summed E-state index contributed by atoms with van der Waals surface area (Å²) in [5.41, 5.74) is 0. The lowest BCUT2D eigenvalue weighted by atomic mass is 10.0. The second-order valence-corrected chi connectivity index (χ2v) is 4.90. The summed E-state index contributed by atoms with van der Waals surface area (Å²) in [5, 5.41) is 11.6. The lowest BCUT2D eigenvalue weighted by molar-refractivity contribution is -0.146. The minimum Gasteiger partial charge on any atom is -0.481 e. The van der Waals surface area contributed by atoms with Gasteiger partial charge in [-0.05, 0) is 12.8 Å². The van der Waals surface area contributed by atoms with Crippen molar-refractivity contribution in [2.75, 3.05) is 26.3 Å². The molecule has 0 aromatic rings. The molecule has 0 saturated carbocycles. The average Bonchev–Trinajstić information content (AvgIpc) is 2.20. The molecule has 18 heavy (non-hydrogen) atoms. The van der Waals surface area contributed by atoms with Crippen LogP contribution in [0, 0.1) is 11.8 Å². The Morgan fingerprint density at radius 2 is 2.06 bits per heavy atom. The van der Waals surface area contributed by atoms with Crippen molar-refractivity contribution in [3.8, 4) is 0 Å². The van der Waals surface area contributed by atoms with Crippen molar-refractivity contribution in [2.24, 2.45) is 11.8 Å². The van der Waals surface area contributed by atoms with E-state index >= 15 is 0 Å². The number of amides is 2. The van der Waals surface area contributed by atoms with Crippen molar-refractivity contribution < 1.29 is 19.4 Å². The van der Waals surface area contributed by atoms with Crippen LogP contribution in [0.4, 0.5) is 4.79 Å². The van der Waals surface area contributed by atoms with Gasteiger partial charge < -0.3 is 20.1 Å². The number of nitrogens with zero attached hydrogens (tertiary/aromatic N) is 1. The van der Waals surface area contributed by atoms with Crippen LogP contribution >= 0.6 is 0 Å². The van der Waals surface area contributed by atoms with Gasteiger partial charge in [0.1, 0.15) is 0 Å². The molecule has 0 spiro atoms. The summed E-state index contributed by atoms with van der Waals surface area (Å²) in [6.07, 6.45) is 0. The van der Waals surface area contributed by atoms with E-state index in [4.69, 9.17) is 9.84 Å². The van der Waals surface area contributed by atoms with Gasteiger partial charge in [0.2, 0.25) is 0 Å². The Hall–Kier alpha value is -1.30. The first-order valence-corrected chi connectivity index (χ1v) is 6.31. The number of hydrogen-bond acceptors (Lipinski definition) is 3. The van der Waals surface area contributed by atoms with Gasteiger partial charge in [0.05, 0.1) is 18.6 Å². The van der Waals surface area contributed by atoms with Gasteiger partial charge in [-0.3, -0.25) is 4.79 Å². The third-order valence-corrected chi connectivity index (χ3v) is 3.13. The van der Waals surface area contributed by atoms with E-state index in [9.17, 15) is 9.59 Å². The Kier molecular flexibility index (Phi) is 5.40. The lowest BCUT2D eigenvalue weighted by Crippen LogP contribution is -2.58. The highest BCUT2D eigenvalue weighted by Crippen LogP contribution is 2.16. The maximum atomic E-state index is 11.8. The van der Waals surface area contributed by atoms with E-state index in [1.165, 1.54) is 4.90 Å². The first-order chi connectivity index (χ1) is 8.45. The zero-order valence-corrected chi connectivity index (χ0v) is 11.2. The van der Waals surface area contributed by atoms with E-state index in [-0.39, 0.29) is 18.0 Å². The number of likely N-dealkylation sites (tertiary alicyclic amines) is 1. The van der Waals surface area contributed by atoms with Crippen LogP contribution in [-0.4, -0.2) is 54.4 Å². The molecule has 0 aliphatic carbocycles. The van der Waals surface area contributed by atoms with E-state index in [0.29, 0.717) is 26.3 Å². The predicted molar refractivity (Wildman–Crippen MR) is 66.3 cm³/mol. The summed E-state index contributed by atoms with van der Waals surface area (Å²) in [7, 11) is 0. The molecule has 1 fully saturated rings. The number of carboxylic acids is 1. The van der Waals surface area contributed by atoms with Crippen LogP contribution in [0.2, 0.25) is 0 Å². The monoisotopic (exact) mass is 258 g/mol. The molecule has 0 aromatic carbocycles. The molecule has 1 heterocycles. The quantitative estimate of drug-likeness (QED) is 0.737. The van der Waals surface area contributed by atoms with E-state index in [1.807, 2.05) is 20.8 Å². The molecule has 1 aliphatic heterocycles. The van der Waals surface area contributed by atoms with Crippen LogP contribution in [0.5, 0.6) is 0 Å². The largest absolute Gasteiger partial charge is 0.481 e. The highest BCUT2D eigenvalue weighted by molar-refractivity contribution is 5.79. The first kappa shape index (κ1) is 14.8. The van der Waals surface area contributed by atoms with Gasteiger partial charge in [-0.2, -0.15) is 0 Å². The van der Waals surface area contributed by atoms with Crippen molar-refractivity contribution in [1.29, 1.82) is 0 Å². The zero-order valence-electron chi connectivity index (χ0n) is 11.2. The molecule has 2 N–H and O–H groups in total. The zero-order chi connectivity index (χ0) is 13.7. The van der Waals surface area contributed by atoms with Gasteiger partial charge in [0, 0.05) is 19.7 Å². The smallest absolute Gasteiger partial charge is 0.317 e. The van der Waals surface area contributed by atoms with Crippen molar-refractivity contribution in [3.05, 3.63) is 0 Å². The van der Waals surface area contributed by atoms with E-state index < -0.39 is 11.9 Å². The number of nitrogens with one attached hydrogen (secondary N) is 1. The molecule has 0 radical (unpaired) electrons. The predicted octanol–water partition coefficient (Wildman–Crippen LogP) is 0.773. The van der Waals surface area contributed by atoms with Crippen molar-refractivity contribution in [1.82, 2.24) is 10.2 Å². The molecule has 1 rings (SSSR count). The number of aliphatic carboxylic acids is 1. The Bertz CT molecular complexity index is 300. The standard InChI is InChI=1S/C12H22N2O4/c1-4-18-7-10(8(2)3)13-12(17)14-5-9(6-14)11(15)16/h8-10H,4-7H2,1-3H3,(H,13,17)(H,15,16). The van der Waals surface area contributed by atoms with Crippen LogP contribution in [0.15, 0.2) is 0 Å². The normalized spacial score (nSPS) is 17.4. The van der Waals surface area contributed by atoms with Gasteiger partial charge in [0.25, 0.3) is 0 Å². The minimum absolute atomic E-state index is 0.0404. The van der Waals surface area contributed by atoms with E-state index in [0.717, 1.165) is 0 Å². The summed E-state index contributed by atoms with van der Waals surface area (Å²) in [5.74, 6) is -0.981. The van der Waals surface area contributed by atoms with E-state index in [1.54, 1.807) is 0 Å². The Labute approximate surface area is 107 Å². The summed E-state index contributed by atoms with van der Waals surface area (Å²) < 4.78 is 5.32. The van der Waals surface area contributed by atoms with Crippen molar-refractivity contribution in [3.63, 3.8) is 0 Å².